The first-order valence-corrected chi connectivity index (χ1v) is 6.33. The summed E-state index contributed by atoms with van der Waals surface area (Å²) in [6.07, 6.45) is 3.02. The van der Waals surface area contributed by atoms with E-state index >= 15 is 0 Å². The highest BCUT2D eigenvalue weighted by atomic mass is 35.5. The zero-order valence-electron chi connectivity index (χ0n) is 9.92. The third kappa shape index (κ3) is 4.92. The molecule has 1 aromatic carbocycles. The predicted molar refractivity (Wildman–Crippen MR) is 69.5 cm³/mol. The van der Waals surface area contributed by atoms with Crippen LogP contribution in [-0.2, 0) is 6.42 Å². The molecule has 2 nitrogen and oxygen atoms in total. The van der Waals surface area contributed by atoms with Crippen LogP contribution in [0, 0.1) is 0 Å². The maximum absolute atomic E-state index is 11.9. The average molecular weight is 260 g/mol. The Labute approximate surface area is 107 Å². The topological polar surface area (TPSA) is 35.2 Å². The minimum Gasteiger partial charge on any atom is -0.493 e. The van der Waals surface area contributed by atoms with Crippen LogP contribution in [0.5, 0.6) is 5.75 Å². The van der Waals surface area contributed by atoms with Crippen molar-refractivity contribution in [1.82, 2.24) is 0 Å². The Balaban J connectivity index is 2.48. The van der Waals surface area contributed by atoms with E-state index in [2.05, 4.69) is 0 Å². The van der Waals surface area contributed by atoms with Gasteiger partial charge in [-0.2, -0.15) is 0 Å². The van der Waals surface area contributed by atoms with Crippen LogP contribution >= 0.6 is 11.6 Å². The monoisotopic (exact) mass is 259 g/mol. The Morgan fingerprint density at radius 1 is 1.24 bits per heavy atom. The fourth-order valence-corrected chi connectivity index (χ4v) is 1.88. The van der Waals surface area contributed by atoms with Crippen molar-refractivity contribution in [3.05, 3.63) is 28.8 Å². The van der Waals surface area contributed by atoms with Crippen LogP contribution in [0.2, 0.25) is 5.02 Å². The van der Waals surface area contributed by atoms with Gasteiger partial charge in [0.25, 0.3) is 0 Å². The number of ether oxygens (including phenoxy) is 1. The molecule has 0 aromatic heterocycles. The van der Waals surface area contributed by atoms with E-state index in [4.69, 9.17) is 22.1 Å². The molecule has 0 heterocycles. The summed E-state index contributed by atoms with van der Waals surface area (Å²) in [6.45, 7) is 0.884. The summed E-state index contributed by atoms with van der Waals surface area (Å²) in [4.78, 5) is 0. The zero-order valence-corrected chi connectivity index (χ0v) is 10.7. The third-order valence-electron chi connectivity index (χ3n) is 2.51. The van der Waals surface area contributed by atoms with Gasteiger partial charge in [0.15, 0.2) is 0 Å². The Hall–Kier alpha value is -0.800. The van der Waals surface area contributed by atoms with Crippen molar-refractivity contribution in [2.24, 2.45) is 5.73 Å². The number of hydrogen-bond donors (Lipinski definition) is 1. The standard InChI is InChI=1S/C13H19ClFNO/c14-12-5-4-6-13(11(12)7-9-16)17-10-3-1-2-8-15/h4-6H,1-3,7-10,16H2. The Morgan fingerprint density at radius 2 is 2.06 bits per heavy atom. The largest absolute Gasteiger partial charge is 0.493 e. The fourth-order valence-electron chi connectivity index (χ4n) is 1.62. The molecule has 1 aromatic rings. The average Bonchev–Trinajstić information content (AvgIpc) is 2.33. The van der Waals surface area contributed by atoms with E-state index in [-0.39, 0.29) is 6.67 Å². The fraction of sp³-hybridized carbons (Fsp3) is 0.538. The summed E-state index contributed by atoms with van der Waals surface area (Å²) < 4.78 is 17.5. The van der Waals surface area contributed by atoms with Crippen molar-refractivity contribution in [3.8, 4) is 5.75 Å². The molecule has 96 valence electrons. The summed E-state index contributed by atoms with van der Waals surface area (Å²) in [5.74, 6) is 0.795. The Morgan fingerprint density at radius 3 is 2.76 bits per heavy atom. The molecule has 0 saturated heterocycles. The maximum atomic E-state index is 11.9. The van der Waals surface area contributed by atoms with Gasteiger partial charge in [0.05, 0.1) is 13.3 Å². The van der Waals surface area contributed by atoms with Crippen molar-refractivity contribution in [3.63, 3.8) is 0 Å². The van der Waals surface area contributed by atoms with Gasteiger partial charge < -0.3 is 10.5 Å². The number of rotatable bonds is 8. The molecule has 0 atom stereocenters. The highest BCUT2D eigenvalue weighted by Crippen LogP contribution is 2.26. The molecule has 0 fully saturated rings. The van der Waals surface area contributed by atoms with Crippen molar-refractivity contribution >= 4 is 11.6 Å². The molecule has 0 aliphatic rings. The second-order valence-electron chi connectivity index (χ2n) is 3.85. The van der Waals surface area contributed by atoms with Crippen LogP contribution in [0.15, 0.2) is 18.2 Å². The molecule has 1 rings (SSSR count). The van der Waals surface area contributed by atoms with E-state index in [1.54, 1.807) is 0 Å². The Bertz CT molecular complexity index is 333. The van der Waals surface area contributed by atoms with E-state index in [1.807, 2.05) is 18.2 Å². The van der Waals surface area contributed by atoms with Gasteiger partial charge in [-0.25, -0.2) is 0 Å². The number of unbranched alkanes of at least 4 members (excludes halogenated alkanes) is 2. The van der Waals surface area contributed by atoms with E-state index < -0.39 is 0 Å². The molecular weight excluding hydrogens is 241 g/mol. The lowest BCUT2D eigenvalue weighted by atomic mass is 10.1. The van der Waals surface area contributed by atoms with Crippen LogP contribution in [-0.4, -0.2) is 19.8 Å². The molecule has 0 amide bonds. The van der Waals surface area contributed by atoms with Crippen LogP contribution in [0.25, 0.3) is 0 Å². The smallest absolute Gasteiger partial charge is 0.124 e. The second-order valence-corrected chi connectivity index (χ2v) is 4.26. The highest BCUT2D eigenvalue weighted by Gasteiger charge is 2.07. The second kappa shape index (κ2) is 8.31. The van der Waals surface area contributed by atoms with Gasteiger partial charge >= 0.3 is 0 Å². The van der Waals surface area contributed by atoms with Gasteiger partial charge in [0, 0.05) is 10.6 Å². The lowest BCUT2D eigenvalue weighted by Crippen LogP contribution is -2.06. The quantitative estimate of drug-likeness (QED) is 0.727. The van der Waals surface area contributed by atoms with Crippen molar-refractivity contribution < 1.29 is 9.13 Å². The number of benzene rings is 1. The molecule has 0 bridgehead atoms. The lowest BCUT2D eigenvalue weighted by molar-refractivity contribution is 0.298. The minimum atomic E-state index is -0.254. The normalized spacial score (nSPS) is 10.5. The minimum absolute atomic E-state index is 0.254. The highest BCUT2D eigenvalue weighted by molar-refractivity contribution is 6.31. The van der Waals surface area contributed by atoms with E-state index in [9.17, 15) is 4.39 Å². The lowest BCUT2D eigenvalue weighted by Gasteiger charge is -2.12. The zero-order chi connectivity index (χ0) is 12.5. The molecule has 0 aliphatic carbocycles. The predicted octanol–water partition coefficient (Wildman–Crippen LogP) is 3.36. The SMILES string of the molecule is NCCc1c(Cl)cccc1OCCCCCF. The van der Waals surface area contributed by atoms with Crippen molar-refractivity contribution in [2.45, 2.75) is 25.7 Å². The van der Waals surface area contributed by atoms with Gasteiger partial charge in [-0.05, 0) is 44.4 Å². The molecule has 17 heavy (non-hydrogen) atoms. The summed E-state index contributed by atoms with van der Waals surface area (Å²) >= 11 is 6.09. The molecule has 0 spiro atoms. The number of hydrogen-bond acceptors (Lipinski definition) is 2. The maximum Gasteiger partial charge on any atom is 0.124 e. The van der Waals surface area contributed by atoms with Gasteiger partial charge in [-0.15, -0.1) is 0 Å². The van der Waals surface area contributed by atoms with Crippen molar-refractivity contribution in [2.75, 3.05) is 19.8 Å². The number of halogens is 2. The van der Waals surface area contributed by atoms with Gasteiger partial charge in [-0.3, -0.25) is 4.39 Å². The first-order valence-electron chi connectivity index (χ1n) is 5.95. The van der Waals surface area contributed by atoms with Crippen molar-refractivity contribution in [1.29, 1.82) is 0 Å². The summed E-state index contributed by atoms with van der Waals surface area (Å²) in [7, 11) is 0. The molecule has 2 N–H and O–H groups in total. The first kappa shape index (κ1) is 14.3. The summed E-state index contributed by atoms with van der Waals surface area (Å²) in [5, 5.41) is 0.691. The van der Waals surface area contributed by atoms with Gasteiger partial charge in [-0.1, -0.05) is 17.7 Å². The molecular formula is C13H19ClFNO. The van der Waals surface area contributed by atoms with Gasteiger partial charge in [0.2, 0.25) is 0 Å². The first-order chi connectivity index (χ1) is 8.29. The molecule has 0 aliphatic heterocycles. The molecule has 0 saturated carbocycles. The van der Waals surface area contributed by atoms with Crippen LogP contribution in [0.3, 0.4) is 0 Å². The van der Waals surface area contributed by atoms with E-state index in [0.717, 1.165) is 24.2 Å². The summed E-state index contributed by atoms with van der Waals surface area (Å²) in [6, 6.07) is 5.59. The van der Waals surface area contributed by atoms with Crippen LogP contribution in [0.4, 0.5) is 4.39 Å². The molecule has 4 heteroatoms. The third-order valence-corrected chi connectivity index (χ3v) is 2.86. The molecule has 0 radical (unpaired) electrons. The number of alkyl halides is 1. The molecule has 0 unspecified atom stereocenters. The Kier molecular flexibility index (Phi) is 6.97. The van der Waals surface area contributed by atoms with Crippen LogP contribution < -0.4 is 10.5 Å². The van der Waals surface area contributed by atoms with E-state index in [1.165, 1.54) is 0 Å². The van der Waals surface area contributed by atoms with Gasteiger partial charge in [0.1, 0.15) is 5.75 Å². The number of nitrogens with two attached hydrogens (primary N) is 1. The van der Waals surface area contributed by atoms with E-state index in [0.29, 0.717) is 31.0 Å². The summed E-state index contributed by atoms with van der Waals surface area (Å²) in [5.41, 5.74) is 6.50. The van der Waals surface area contributed by atoms with Crippen LogP contribution in [0.1, 0.15) is 24.8 Å².